The molecule has 2 rings (SSSR count). The highest BCUT2D eigenvalue weighted by molar-refractivity contribution is 5.91. The van der Waals surface area contributed by atoms with Gasteiger partial charge >= 0.3 is 11.9 Å². The number of rotatable bonds is 8. The van der Waals surface area contributed by atoms with E-state index in [0.29, 0.717) is 22.8 Å². The van der Waals surface area contributed by atoms with Crippen LogP contribution >= 0.6 is 0 Å². The van der Waals surface area contributed by atoms with Gasteiger partial charge in [-0.15, -0.1) is 0 Å². The minimum atomic E-state index is -0.597. The van der Waals surface area contributed by atoms with Gasteiger partial charge in [-0.25, -0.2) is 9.59 Å². The van der Waals surface area contributed by atoms with Crippen molar-refractivity contribution in [3.8, 4) is 17.2 Å². The van der Waals surface area contributed by atoms with Crippen LogP contribution < -0.4 is 14.2 Å². The lowest BCUT2D eigenvalue weighted by Crippen LogP contribution is -2.14. The molecule has 0 aliphatic rings. The molecule has 0 atom stereocenters. The zero-order valence-corrected chi connectivity index (χ0v) is 14.8. The van der Waals surface area contributed by atoms with E-state index in [1.165, 1.54) is 33.5 Å². The van der Waals surface area contributed by atoms with Crippen molar-refractivity contribution in [1.82, 2.24) is 0 Å². The molecule has 7 heteroatoms. The number of carbonyl (C=O) groups is 2. The molecular formula is C19H20O7. The van der Waals surface area contributed by atoms with Crippen LogP contribution in [-0.2, 0) is 9.47 Å². The number of carbonyl (C=O) groups excluding carboxylic acids is 2. The van der Waals surface area contributed by atoms with Gasteiger partial charge in [-0.05, 0) is 24.3 Å². The van der Waals surface area contributed by atoms with Crippen LogP contribution in [0.25, 0.3) is 0 Å². The molecule has 0 spiro atoms. The molecule has 2 aromatic carbocycles. The summed E-state index contributed by atoms with van der Waals surface area (Å²) in [6.07, 6.45) is 0. The topological polar surface area (TPSA) is 80.3 Å². The third-order valence-electron chi connectivity index (χ3n) is 3.46. The van der Waals surface area contributed by atoms with Gasteiger partial charge in [-0.3, -0.25) is 0 Å². The van der Waals surface area contributed by atoms with E-state index in [1.807, 2.05) is 0 Å². The molecule has 0 saturated carbocycles. The lowest BCUT2D eigenvalue weighted by Gasteiger charge is -2.13. The summed E-state index contributed by atoms with van der Waals surface area (Å²) in [6, 6.07) is 11.5. The fourth-order valence-electron chi connectivity index (χ4n) is 2.21. The molecule has 0 saturated heterocycles. The van der Waals surface area contributed by atoms with E-state index >= 15 is 0 Å². The van der Waals surface area contributed by atoms with Crippen molar-refractivity contribution in [2.24, 2.45) is 0 Å². The van der Waals surface area contributed by atoms with Crippen LogP contribution in [0.1, 0.15) is 20.7 Å². The van der Waals surface area contributed by atoms with E-state index in [4.69, 9.17) is 23.7 Å². The minimum Gasteiger partial charge on any atom is -0.493 e. The van der Waals surface area contributed by atoms with Crippen LogP contribution in [0.5, 0.6) is 17.2 Å². The summed E-state index contributed by atoms with van der Waals surface area (Å²) >= 11 is 0. The Morgan fingerprint density at radius 1 is 0.731 bits per heavy atom. The summed E-state index contributed by atoms with van der Waals surface area (Å²) in [7, 11) is 4.38. The number of methoxy groups -OCH3 is 3. The molecular weight excluding hydrogens is 340 g/mol. The second kappa shape index (κ2) is 9.31. The number of hydrogen-bond donors (Lipinski definition) is 0. The monoisotopic (exact) mass is 360 g/mol. The minimum absolute atomic E-state index is 0.0517. The quantitative estimate of drug-likeness (QED) is 0.529. The Balaban J connectivity index is 1.92. The largest absolute Gasteiger partial charge is 0.493 e. The summed E-state index contributed by atoms with van der Waals surface area (Å²) in [6.45, 7) is -0.127. The van der Waals surface area contributed by atoms with Crippen LogP contribution in [0, 0.1) is 0 Å². The number of ether oxygens (including phenoxy) is 5. The molecule has 138 valence electrons. The van der Waals surface area contributed by atoms with Crippen molar-refractivity contribution in [2.45, 2.75) is 0 Å². The van der Waals surface area contributed by atoms with E-state index in [-0.39, 0.29) is 18.8 Å². The van der Waals surface area contributed by atoms with Crippen molar-refractivity contribution in [2.75, 3.05) is 34.5 Å². The maximum Gasteiger partial charge on any atom is 0.338 e. The van der Waals surface area contributed by atoms with Gasteiger partial charge in [0.15, 0.2) is 11.5 Å². The van der Waals surface area contributed by atoms with Crippen LogP contribution in [-0.4, -0.2) is 46.5 Å². The van der Waals surface area contributed by atoms with E-state index < -0.39 is 11.9 Å². The lowest BCUT2D eigenvalue weighted by atomic mass is 10.2. The van der Waals surface area contributed by atoms with Crippen molar-refractivity contribution in [3.05, 3.63) is 53.6 Å². The second-order valence-corrected chi connectivity index (χ2v) is 5.05. The average Bonchev–Trinajstić information content (AvgIpc) is 2.70. The van der Waals surface area contributed by atoms with Crippen LogP contribution in [0.2, 0.25) is 0 Å². The first-order valence-electron chi connectivity index (χ1n) is 7.80. The number of esters is 2. The summed E-state index contributed by atoms with van der Waals surface area (Å²) < 4.78 is 25.8. The molecule has 0 amide bonds. The molecule has 0 N–H and O–H groups in total. The summed E-state index contributed by atoms with van der Waals surface area (Å²) in [5.74, 6) is -0.0126. The normalized spacial score (nSPS) is 9.96. The van der Waals surface area contributed by atoms with Gasteiger partial charge in [0.2, 0.25) is 5.75 Å². The molecule has 0 aromatic heterocycles. The molecule has 0 bridgehead atoms. The number of benzene rings is 2. The van der Waals surface area contributed by atoms with Crippen LogP contribution in [0.4, 0.5) is 0 Å². The Bertz CT molecular complexity index is 731. The maximum absolute atomic E-state index is 12.2. The van der Waals surface area contributed by atoms with Gasteiger partial charge in [0, 0.05) is 0 Å². The Kier molecular flexibility index (Phi) is 6.84. The molecule has 26 heavy (non-hydrogen) atoms. The maximum atomic E-state index is 12.2. The smallest absolute Gasteiger partial charge is 0.338 e. The van der Waals surface area contributed by atoms with Gasteiger partial charge in [-0.2, -0.15) is 0 Å². The van der Waals surface area contributed by atoms with E-state index in [9.17, 15) is 9.59 Å². The molecule has 0 heterocycles. The first-order valence-corrected chi connectivity index (χ1v) is 7.80. The fraction of sp³-hybridized carbons (Fsp3) is 0.263. The van der Waals surface area contributed by atoms with Gasteiger partial charge < -0.3 is 23.7 Å². The molecule has 0 fully saturated rings. The van der Waals surface area contributed by atoms with E-state index in [2.05, 4.69) is 0 Å². The van der Waals surface area contributed by atoms with Gasteiger partial charge in [0.25, 0.3) is 0 Å². The first kappa shape index (κ1) is 19.1. The lowest BCUT2D eigenvalue weighted by molar-refractivity contribution is 0.0265. The molecule has 0 unspecified atom stereocenters. The molecule has 0 aliphatic carbocycles. The Labute approximate surface area is 151 Å². The molecule has 2 aromatic rings. The Morgan fingerprint density at radius 2 is 1.23 bits per heavy atom. The van der Waals surface area contributed by atoms with Gasteiger partial charge in [0.1, 0.15) is 13.2 Å². The van der Waals surface area contributed by atoms with Crippen LogP contribution in [0.15, 0.2) is 42.5 Å². The van der Waals surface area contributed by atoms with Crippen LogP contribution in [0.3, 0.4) is 0 Å². The van der Waals surface area contributed by atoms with Crippen molar-refractivity contribution < 1.29 is 33.3 Å². The van der Waals surface area contributed by atoms with Gasteiger partial charge in [0.05, 0.1) is 32.5 Å². The van der Waals surface area contributed by atoms with Gasteiger partial charge in [-0.1, -0.05) is 18.2 Å². The molecule has 0 aliphatic heterocycles. The highest BCUT2D eigenvalue weighted by Crippen LogP contribution is 2.38. The Hall–Kier alpha value is -3.22. The van der Waals surface area contributed by atoms with E-state index in [1.54, 1.807) is 30.3 Å². The zero-order chi connectivity index (χ0) is 18.9. The zero-order valence-electron chi connectivity index (χ0n) is 14.8. The Morgan fingerprint density at radius 3 is 1.69 bits per heavy atom. The highest BCUT2D eigenvalue weighted by atomic mass is 16.6. The third-order valence-corrected chi connectivity index (χ3v) is 3.46. The molecule has 7 nitrogen and oxygen atoms in total. The summed E-state index contributed by atoms with van der Waals surface area (Å²) in [4.78, 5) is 24.0. The third kappa shape index (κ3) is 4.66. The fourth-order valence-corrected chi connectivity index (χ4v) is 2.21. The SMILES string of the molecule is COc1cc(C(=O)OCCOC(=O)c2ccccc2)cc(OC)c1OC. The van der Waals surface area contributed by atoms with E-state index in [0.717, 1.165) is 0 Å². The average molecular weight is 360 g/mol. The number of hydrogen-bond acceptors (Lipinski definition) is 7. The predicted octanol–water partition coefficient (Wildman–Crippen LogP) is 2.73. The highest BCUT2D eigenvalue weighted by Gasteiger charge is 2.18. The van der Waals surface area contributed by atoms with Crippen molar-refractivity contribution in [1.29, 1.82) is 0 Å². The standard InChI is InChI=1S/C19H20O7/c1-22-15-11-14(12-16(23-2)17(15)24-3)19(21)26-10-9-25-18(20)13-7-5-4-6-8-13/h4-8,11-12H,9-10H2,1-3H3. The molecule has 0 radical (unpaired) electrons. The van der Waals surface area contributed by atoms with Crippen molar-refractivity contribution in [3.63, 3.8) is 0 Å². The predicted molar refractivity (Wildman–Crippen MR) is 93.1 cm³/mol. The first-order chi connectivity index (χ1) is 12.6. The summed E-state index contributed by atoms with van der Waals surface area (Å²) in [5.41, 5.74) is 0.664. The summed E-state index contributed by atoms with van der Waals surface area (Å²) in [5, 5.41) is 0. The second-order valence-electron chi connectivity index (χ2n) is 5.05. The van der Waals surface area contributed by atoms with Crippen molar-refractivity contribution >= 4 is 11.9 Å².